The van der Waals surface area contributed by atoms with Gasteiger partial charge in [0, 0.05) is 0 Å². The zero-order valence-electron chi connectivity index (χ0n) is 8.18. The fourth-order valence-electron chi connectivity index (χ4n) is 0.713. The first-order chi connectivity index (χ1) is 7.41. The number of hydrogen-bond donors (Lipinski definition) is 5. The van der Waals surface area contributed by atoms with Crippen LogP contribution >= 0.6 is 0 Å². The normalized spacial score (nSPS) is 11.5. The minimum absolute atomic E-state index is 0.130. The van der Waals surface area contributed by atoms with Crippen LogP contribution < -0.4 is 11.5 Å². The molecule has 0 radical (unpaired) electrons. The molecule has 0 heterocycles. The molecule has 0 saturated heterocycles. The van der Waals surface area contributed by atoms with Gasteiger partial charge in [-0.2, -0.15) is 16.8 Å². The Bertz CT molecular complexity index is 585. The number of nitrogen functional groups attached to an aromatic ring is 2. The van der Waals surface area contributed by atoms with Gasteiger partial charge in [-0.1, -0.05) is 0 Å². The first-order valence-corrected chi connectivity index (χ1v) is 6.57. The second kappa shape index (κ2) is 5.29. The highest BCUT2D eigenvalue weighted by Gasteiger charge is 2.09. The van der Waals surface area contributed by atoms with Crippen molar-refractivity contribution < 1.29 is 30.5 Å². The van der Waals surface area contributed by atoms with Gasteiger partial charge < -0.3 is 11.5 Å². The lowest BCUT2D eigenvalue weighted by molar-refractivity contribution is 0.381. The first kappa shape index (κ1) is 15.6. The second-order valence-electron chi connectivity index (χ2n) is 2.71. The standard InChI is InChI=1S/C6H8N2O3S.H2O4S/c7-5-2-1-4(3-6(5)8)12(9,10)11;1-5(2,3)4/h1-3H,7-8H2,(H,9,10,11);(H2,1,2,3,4). The van der Waals surface area contributed by atoms with Crippen molar-refractivity contribution >= 4 is 31.9 Å². The quantitative estimate of drug-likeness (QED) is 0.334. The summed E-state index contributed by atoms with van der Waals surface area (Å²) in [4.78, 5) is -0.255. The molecule has 0 aliphatic rings. The number of hydrogen-bond acceptors (Lipinski definition) is 6. The van der Waals surface area contributed by atoms with Crippen molar-refractivity contribution in [3.05, 3.63) is 18.2 Å². The van der Waals surface area contributed by atoms with Crippen molar-refractivity contribution in [2.75, 3.05) is 11.5 Å². The van der Waals surface area contributed by atoms with Gasteiger partial charge in [-0.3, -0.25) is 13.7 Å². The summed E-state index contributed by atoms with van der Waals surface area (Å²) >= 11 is 0. The summed E-state index contributed by atoms with van der Waals surface area (Å²) in [5, 5.41) is 0. The van der Waals surface area contributed by atoms with Crippen LogP contribution in [0.4, 0.5) is 11.4 Å². The Hall–Kier alpha value is -1.40. The molecule has 0 unspecified atom stereocenters. The molecule has 7 N–H and O–H groups in total. The first-order valence-electron chi connectivity index (χ1n) is 3.73. The van der Waals surface area contributed by atoms with E-state index in [4.69, 9.17) is 33.5 Å². The van der Waals surface area contributed by atoms with Crippen LogP contribution in [0, 0.1) is 0 Å². The number of benzene rings is 1. The monoisotopic (exact) mass is 286 g/mol. The lowest BCUT2D eigenvalue weighted by Gasteiger charge is -2.01. The summed E-state index contributed by atoms with van der Waals surface area (Å²) in [7, 11) is -8.84. The van der Waals surface area contributed by atoms with Gasteiger partial charge >= 0.3 is 10.4 Å². The van der Waals surface area contributed by atoms with Gasteiger partial charge in [0.2, 0.25) is 0 Å². The van der Waals surface area contributed by atoms with E-state index in [0.717, 1.165) is 6.07 Å². The molecule has 1 aromatic rings. The Morgan fingerprint density at radius 2 is 1.29 bits per heavy atom. The van der Waals surface area contributed by atoms with E-state index in [1.54, 1.807) is 0 Å². The smallest absolute Gasteiger partial charge is 0.394 e. The summed E-state index contributed by atoms with van der Waals surface area (Å²) in [6, 6.07) is 3.60. The Kier molecular flexibility index (Phi) is 4.85. The lowest BCUT2D eigenvalue weighted by atomic mass is 10.3. The number of nitrogens with two attached hydrogens (primary N) is 2. The molecule has 0 fully saturated rings. The maximum Gasteiger partial charge on any atom is 0.394 e. The lowest BCUT2D eigenvalue weighted by Crippen LogP contribution is -2.01. The molecule has 1 aromatic carbocycles. The highest BCUT2D eigenvalue weighted by molar-refractivity contribution is 7.85. The van der Waals surface area contributed by atoms with Gasteiger partial charge in [-0.05, 0) is 18.2 Å². The minimum atomic E-state index is -4.67. The predicted molar refractivity (Wildman–Crippen MR) is 59.3 cm³/mol. The zero-order chi connectivity index (χ0) is 13.9. The fourth-order valence-corrected chi connectivity index (χ4v) is 1.23. The molecule has 0 bridgehead atoms. The maximum atomic E-state index is 10.6. The maximum absolute atomic E-state index is 10.6. The fraction of sp³-hybridized carbons (Fsp3) is 0. The largest absolute Gasteiger partial charge is 0.397 e. The summed E-state index contributed by atoms with van der Waals surface area (Å²) in [6.07, 6.45) is 0. The van der Waals surface area contributed by atoms with E-state index in [1.165, 1.54) is 12.1 Å². The highest BCUT2D eigenvalue weighted by atomic mass is 32.3. The van der Waals surface area contributed by atoms with Gasteiger partial charge in [0.15, 0.2) is 0 Å². The van der Waals surface area contributed by atoms with E-state index in [9.17, 15) is 8.42 Å². The van der Waals surface area contributed by atoms with Crippen molar-refractivity contribution in [2.45, 2.75) is 4.90 Å². The van der Waals surface area contributed by atoms with Gasteiger partial charge in [-0.15, -0.1) is 0 Å². The number of anilines is 2. The van der Waals surface area contributed by atoms with E-state index in [2.05, 4.69) is 0 Å². The molecule has 0 spiro atoms. The molecule has 9 nitrogen and oxygen atoms in total. The third-order valence-corrected chi connectivity index (χ3v) is 2.21. The third kappa shape index (κ3) is 7.48. The summed E-state index contributed by atoms with van der Waals surface area (Å²) in [6.45, 7) is 0. The molecule has 98 valence electrons. The SMILES string of the molecule is Nc1ccc(S(=O)(=O)O)cc1N.O=S(=O)(O)O. The van der Waals surface area contributed by atoms with E-state index >= 15 is 0 Å². The van der Waals surface area contributed by atoms with Gasteiger partial charge in [-0.25, -0.2) is 0 Å². The van der Waals surface area contributed by atoms with E-state index < -0.39 is 20.5 Å². The van der Waals surface area contributed by atoms with Crippen molar-refractivity contribution in [3.63, 3.8) is 0 Å². The molecule has 0 saturated carbocycles. The van der Waals surface area contributed by atoms with E-state index in [-0.39, 0.29) is 16.3 Å². The second-order valence-corrected chi connectivity index (χ2v) is 5.03. The van der Waals surface area contributed by atoms with Gasteiger partial charge in [0.05, 0.1) is 16.3 Å². The van der Waals surface area contributed by atoms with Crippen molar-refractivity contribution in [2.24, 2.45) is 0 Å². The van der Waals surface area contributed by atoms with Gasteiger partial charge in [0.25, 0.3) is 10.1 Å². The van der Waals surface area contributed by atoms with E-state index in [0.29, 0.717) is 0 Å². The number of rotatable bonds is 1. The average molecular weight is 286 g/mol. The molecule has 0 aromatic heterocycles. The van der Waals surface area contributed by atoms with Crippen molar-refractivity contribution in [3.8, 4) is 0 Å². The van der Waals surface area contributed by atoms with Crippen LogP contribution in [0.3, 0.4) is 0 Å². The molecule has 17 heavy (non-hydrogen) atoms. The van der Waals surface area contributed by atoms with Crippen LogP contribution in [0.5, 0.6) is 0 Å². The van der Waals surface area contributed by atoms with Crippen LogP contribution in [-0.2, 0) is 20.5 Å². The molecule has 0 aliphatic carbocycles. The summed E-state index contributed by atoms with van der Waals surface area (Å²) in [5.41, 5.74) is 11.1. The third-order valence-electron chi connectivity index (χ3n) is 1.36. The van der Waals surface area contributed by atoms with Crippen LogP contribution in [0.25, 0.3) is 0 Å². The molecule has 0 aliphatic heterocycles. The average Bonchev–Trinajstić information content (AvgIpc) is 2.04. The Morgan fingerprint density at radius 1 is 0.882 bits per heavy atom. The minimum Gasteiger partial charge on any atom is -0.397 e. The zero-order valence-corrected chi connectivity index (χ0v) is 9.81. The molecular formula is C6H10N2O7S2. The van der Waals surface area contributed by atoms with Crippen LogP contribution in [0.1, 0.15) is 0 Å². The van der Waals surface area contributed by atoms with Crippen LogP contribution in [-0.4, -0.2) is 30.5 Å². The topological polar surface area (TPSA) is 181 Å². The van der Waals surface area contributed by atoms with E-state index in [1.807, 2.05) is 0 Å². The molecule has 1 rings (SSSR count). The van der Waals surface area contributed by atoms with Crippen LogP contribution in [0.2, 0.25) is 0 Å². The highest BCUT2D eigenvalue weighted by Crippen LogP contribution is 2.18. The summed E-state index contributed by atoms with van der Waals surface area (Å²) < 4.78 is 61.3. The van der Waals surface area contributed by atoms with Gasteiger partial charge in [0.1, 0.15) is 0 Å². The van der Waals surface area contributed by atoms with Crippen molar-refractivity contribution in [1.82, 2.24) is 0 Å². The predicted octanol–water partition coefficient (Wildman–Crippen LogP) is -0.555. The molecule has 0 amide bonds. The molecule has 11 heteroatoms. The molecular weight excluding hydrogens is 276 g/mol. The summed E-state index contributed by atoms with van der Waals surface area (Å²) in [5.74, 6) is 0. The Morgan fingerprint density at radius 3 is 1.59 bits per heavy atom. The molecule has 0 atom stereocenters. The van der Waals surface area contributed by atoms with Crippen LogP contribution in [0.15, 0.2) is 23.1 Å². The van der Waals surface area contributed by atoms with Crippen molar-refractivity contribution in [1.29, 1.82) is 0 Å². The Balaban J connectivity index is 0.000000437. The Labute approximate surface area is 97.4 Å².